The van der Waals surface area contributed by atoms with E-state index in [1.54, 1.807) is 52.2 Å². The second kappa shape index (κ2) is 6.21. The molecule has 5 aromatic rings. The highest BCUT2D eigenvalue weighted by Gasteiger charge is 2.28. The van der Waals surface area contributed by atoms with Crippen molar-refractivity contribution in [3.05, 3.63) is 71.0 Å². The number of H-pyrrole nitrogens is 1. The number of aromatic nitrogens is 7. The van der Waals surface area contributed by atoms with Gasteiger partial charge in [0.15, 0.2) is 23.0 Å². The molecule has 0 spiro atoms. The summed E-state index contributed by atoms with van der Waals surface area (Å²) in [6.07, 6.45) is 8.80. The summed E-state index contributed by atoms with van der Waals surface area (Å²) in [5, 5.41) is 4.29. The summed E-state index contributed by atoms with van der Waals surface area (Å²) in [4.78, 5) is 28.8. The van der Waals surface area contributed by atoms with Crippen LogP contribution in [0.3, 0.4) is 0 Å². The van der Waals surface area contributed by atoms with Gasteiger partial charge in [-0.3, -0.25) is 9.55 Å². The third-order valence-electron chi connectivity index (χ3n) is 5.33. The zero-order valence-electron chi connectivity index (χ0n) is 15.5. The Morgan fingerprint density at radius 2 is 2.17 bits per heavy atom. The molecule has 9 nitrogen and oxygen atoms in total. The van der Waals surface area contributed by atoms with Crippen molar-refractivity contribution in [3.63, 3.8) is 0 Å². The van der Waals surface area contributed by atoms with Gasteiger partial charge in [0.1, 0.15) is 5.52 Å². The average Bonchev–Trinajstić information content (AvgIpc) is 3.33. The van der Waals surface area contributed by atoms with E-state index in [0.29, 0.717) is 41.1 Å². The number of rotatable bonds is 2. The van der Waals surface area contributed by atoms with E-state index in [9.17, 15) is 9.18 Å². The number of aromatic amines is 1. The summed E-state index contributed by atoms with van der Waals surface area (Å²) in [5.41, 5.74) is 2.67. The van der Waals surface area contributed by atoms with Gasteiger partial charge in [-0.25, -0.2) is 23.7 Å². The SMILES string of the molecule is O=c1[nH]c2cnc(-c3cnn4ccncc34)nc2n1C1CCOc2c(F)cccc21. The van der Waals surface area contributed by atoms with Crippen LogP contribution in [0.5, 0.6) is 5.75 Å². The molecule has 1 aliphatic heterocycles. The van der Waals surface area contributed by atoms with Gasteiger partial charge in [0, 0.05) is 24.4 Å². The zero-order chi connectivity index (χ0) is 20.2. The van der Waals surface area contributed by atoms with Crippen LogP contribution in [-0.2, 0) is 0 Å². The molecule has 1 aromatic carbocycles. The number of ether oxygens (including phenoxy) is 1. The normalized spacial score (nSPS) is 16.0. The van der Waals surface area contributed by atoms with Crippen molar-refractivity contribution in [3.8, 4) is 17.1 Å². The van der Waals surface area contributed by atoms with E-state index in [0.717, 1.165) is 5.52 Å². The first kappa shape index (κ1) is 16.8. The summed E-state index contributed by atoms with van der Waals surface area (Å²) in [5.74, 6) is 0.155. The minimum atomic E-state index is -0.445. The fourth-order valence-electron chi connectivity index (χ4n) is 3.98. The number of hydrogen-bond donors (Lipinski definition) is 1. The molecule has 0 amide bonds. The molecule has 0 aliphatic carbocycles. The van der Waals surface area contributed by atoms with Crippen molar-refractivity contribution in [1.82, 2.24) is 34.1 Å². The molecule has 5 heterocycles. The smallest absolute Gasteiger partial charge is 0.328 e. The monoisotopic (exact) mass is 403 g/mol. The highest BCUT2D eigenvalue weighted by Crippen LogP contribution is 2.37. The van der Waals surface area contributed by atoms with Crippen LogP contribution in [0, 0.1) is 5.82 Å². The summed E-state index contributed by atoms with van der Waals surface area (Å²) < 4.78 is 23.0. The van der Waals surface area contributed by atoms with Crippen LogP contribution in [-0.4, -0.2) is 40.7 Å². The fourth-order valence-corrected chi connectivity index (χ4v) is 3.98. The predicted molar refractivity (Wildman–Crippen MR) is 105 cm³/mol. The molecule has 6 rings (SSSR count). The highest BCUT2D eigenvalue weighted by molar-refractivity contribution is 5.79. The van der Waals surface area contributed by atoms with Crippen molar-refractivity contribution in [2.75, 3.05) is 6.61 Å². The maximum Gasteiger partial charge on any atom is 0.328 e. The van der Waals surface area contributed by atoms with Crippen LogP contribution in [0.1, 0.15) is 18.0 Å². The van der Waals surface area contributed by atoms with Gasteiger partial charge in [-0.05, 0) is 6.07 Å². The molecule has 0 saturated heterocycles. The van der Waals surface area contributed by atoms with E-state index in [1.807, 2.05) is 0 Å². The van der Waals surface area contributed by atoms with E-state index < -0.39 is 11.9 Å². The van der Waals surface area contributed by atoms with Gasteiger partial charge in [-0.1, -0.05) is 12.1 Å². The van der Waals surface area contributed by atoms with Gasteiger partial charge in [0.25, 0.3) is 0 Å². The number of benzene rings is 1. The number of para-hydroxylation sites is 1. The van der Waals surface area contributed by atoms with Gasteiger partial charge >= 0.3 is 5.69 Å². The van der Waals surface area contributed by atoms with Crippen molar-refractivity contribution in [2.24, 2.45) is 0 Å². The average molecular weight is 403 g/mol. The summed E-state index contributed by atoms with van der Waals surface area (Å²) in [6, 6.07) is 4.33. The van der Waals surface area contributed by atoms with E-state index in [1.165, 1.54) is 6.07 Å². The Kier molecular flexibility index (Phi) is 3.48. The maximum absolute atomic E-state index is 14.2. The zero-order valence-corrected chi connectivity index (χ0v) is 15.5. The Balaban J connectivity index is 1.57. The van der Waals surface area contributed by atoms with Gasteiger partial charge in [0.05, 0.1) is 42.3 Å². The number of imidazole rings is 1. The second-order valence-corrected chi connectivity index (χ2v) is 7.01. The molecule has 10 heteroatoms. The van der Waals surface area contributed by atoms with Crippen LogP contribution < -0.4 is 10.4 Å². The van der Waals surface area contributed by atoms with Gasteiger partial charge in [-0.2, -0.15) is 5.10 Å². The lowest BCUT2D eigenvalue weighted by Gasteiger charge is -2.26. The molecule has 0 bridgehead atoms. The van der Waals surface area contributed by atoms with E-state index in [2.05, 4.69) is 25.0 Å². The molecule has 0 fully saturated rings. The van der Waals surface area contributed by atoms with Gasteiger partial charge in [-0.15, -0.1) is 0 Å². The maximum atomic E-state index is 14.2. The molecule has 1 N–H and O–H groups in total. The Hall–Kier alpha value is -4.08. The van der Waals surface area contributed by atoms with E-state index in [-0.39, 0.29) is 11.4 Å². The lowest BCUT2D eigenvalue weighted by molar-refractivity contribution is 0.244. The van der Waals surface area contributed by atoms with Gasteiger partial charge < -0.3 is 9.72 Å². The molecule has 1 unspecified atom stereocenters. The molecular formula is C20H14FN7O2. The summed E-state index contributed by atoms with van der Waals surface area (Å²) in [7, 11) is 0. The van der Waals surface area contributed by atoms with E-state index >= 15 is 0 Å². The van der Waals surface area contributed by atoms with Crippen molar-refractivity contribution < 1.29 is 9.13 Å². The Bertz CT molecular complexity index is 1490. The van der Waals surface area contributed by atoms with Crippen LogP contribution in [0.4, 0.5) is 4.39 Å². The van der Waals surface area contributed by atoms with Crippen LogP contribution in [0.2, 0.25) is 0 Å². The van der Waals surface area contributed by atoms with Crippen molar-refractivity contribution >= 4 is 16.7 Å². The Morgan fingerprint density at radius 3 is 3.10 bits per heavy atom. The molecule has 1 aliphatic rings. The first-order valence-electron chi connectivity index (χ1n) is 9.37. The molecule has 4 aromatic heterocycles. The van der Waals surface area contributed by atoms with Crippen molar-refractivity contribution in [1.29, 1.82) is 0 Å². The number of nitrogens with zero attached hydrogens (tertiary/aromatic N) is 6. The third-order valence-corrected chi connectivity index (χ3v) is 5.33. The standard InChI is InChI=1S/C20H14FN7O2/c21-13-3-1-2-11-15(4-7-30-17(11)13)28-19-14(25-20(28)29)9-23-18(26-19)12-8-24-27-6-5-22-10-16(12)27/h1-3,5-6,8-10,15H,4,7H2,(H,25,29). The quantitative estimate of drug-likeness (QED) is 0.485. The van der Waals surface area contributed by atoms with Crippen LogP contribution in [0.15, 0.2) is 54.0 Å². The second-order valence-electron chi connectivity index (χ2n) is 7.01. The minimum absolute atomic E-state index is 0.179. The first-order valence-corrected chi connectivity index (χ1v) is 9.37. The van der Waals surface area contributed by atoms with E-state index in [4.69, 9.17) is 4.74 Å². The number of hydrogen-bond acceptors (Lipinski definition) is 6. The third kappa shape index (κ3) is 2.36. The highest BCUT2D eigenvalue weighted by atomic mass is 19.1. The molecule has 0 saturated carbocycles. The Morgan fingerprint density at radius 1 is 1.23 bits per heavy atom. The molecule has 1 atom stereocenters. The largest absolute Gasteiger partial charge is 0.490 e. The fraction of sp³-hybridized carbons (Fsp3) is 0.150. The van der Waals surface area contributed by atoms with Gasteiger partial charge in [0.2, 0.25) is 0 Å². The number of nitrogens with one attached hydrogen (secondary N) is 1. The first-order chi connectivity index (χ1) is 14.7. The summed E-state index contributed by atoms with van der Waals surface area (Å²) >= 11 is 0. The predicted octanol–water partition coefficient (Wildman–Crippen LogP) is 2.34. The van der Waals surface area contributed by atoms with Crippen molar-refractivity contribution in [2.45, 2.75) is 12.5 Å². The number of halogens is 1. The Labute approximate surface area is 167 Å². The van der Waals surface area contributed by atoms with Crippen LogP contribution >= 0.6 is 0 Å². The lowest BCUT2D eigenvalue weighted by Crippen LogP contribution is -2.28. The molecule has 0 radical (unpaired) electrons. The minimum Gasteiger partial charge on any atom is -0.490 e. The number of fused-ring (bicyclic) bond motifs is 3. The molecule has 148 valence electrons. The molecule has 30 heavy (non-hydrogen) atoms. The summed E-state index contributed by atoms with van der Waals surface area (Å²) in [6.45, 7) is 0.301. The molecular weight excluding hydrogens is 389 g/mol. The lowest BCUT2D eigenvalue weighted by atomic mass is 10.00. The topological polar surface area (TPSA) is 103 Å². The van der Waals surface area contributed by atoms with Crippen LogP contribution in [0.25, 0.3) is 28.1 Å².